The molecule has 0 spiro atoms. The van der Waals surface area contributed by atoms with E-state index < -0.39 is 30.4 Å². The predicted octanol–water partition coefficient (Wildman–Crippen LogP) is 7.44. The van der Waals surface area contributed by atoms with Gasteiger partial charge >= 0.3 is 11.9 Å². The Morgan fingerprint density at radius 3 is 1.67 bits per heavy atom. The van der Waals surface area contributed by atoms with Crippen molar-refractivity contribution in [2.75, 3.05) is 13.2 Å². The number of aliphatic hydroxyl groups is 4. The fourth-order valence-corrected chi connectivity index (χ4v) is 4.68. The standard InChI is InChI=1S/C38H66O8/c1-4-6-17-24-33(39)25-19-14-11-12-15-20-26-35(41)36(42)27-22-29-38(44)46-31-34(40)30-45-37(43)28-21-16-10-8-7-9-13-18-23-32(3)5-2/h11-12,14-15,19-20,25-26,32-36,39-42H,4-10,13,16-18,21-24,27-31H2,1-3H3/b14-11-,15-12+,25-19+,26-20+/t32?,33-,34+,35-,36-/m1/s1. The van der Waals surface area contributed by atoms with Crippen molar-refractivity contribution in [3.63, 3.8) is 0 Å². The van der Waals surface area contributed by atoms with Gasteiger partial charge in [0.2, 0.25) is 0 Å². The number of rotatable bonds is 30. The van der Waals surface area contributed by atoms with E-state index in [-0.39, 0.29) is 32.0 Å². The number of esters is 2. The van der Waals surface area contributed by atoms with Gasteiger partial charge in [0.05, 0.1) is 18.3 Å². The van der Waals surface area contributed by atoms with Crippen LogP contribution in [0.4, 0.5) is 0 Å². The summed E-state index contributed by atoms with van der Waals surface area (Å²) in [5.74, 6) is -0.0536. The largest absolute Gasteiger partial charge is 0.463 e. The third-order valence-electron chi connectivity index (χ3n) is 7.97. The van der Waals surface area contributed by atoms with E-state index in [4.69, 9.17) is 9.47 Å². The molecule has 8 heteroatoms. The molecule has 0 fully saturated rings. The van der Waals surface area contributed by atoms with Crippen LogP contribution in [0.5, 0.6) is 0 Å². The molecule has 0 radical (unpaired) electrons. The average molecular weight is 651 g/mol. The molecule has 0 amide bonds. The molecule has 266 valence electrons. The van der Waals surface area contributed by atoms with Crippen LogP contribution in [0.3, 0.4) is 0 Å². The second-order valence-electron chi connectivity index (χ2n) is 12.5. The van der Waals surface area contributed by atoms with Gasteiger partial charge in [0, 0.05) is 12.8 Å². The minimum Gasteiger partial charge on any atom is -0.463 e. The fraction of sp³-hybridized carbons (Fsp3) is 0.737. The van der Waals surface area contributed by atoms with E-state index in [2.05, 4.69) is 20.8 Å². The number of hydrogen-bond donors (Lipinski definition) is 4. The molecular weight excluding hydrogens is 584 g/mol. The van der Waals surface area contributed by atoms with Gasteiger partial charge in [-0.05, 0) is 31.6 Å². The van der Waals surface area contributed by atoms with Gasteiger partial charge < -0.3 is 29.9 Å². The molecule has 0 saturated carbocycles. The molecule has 0 aromatic rings. The Bertz CT molecular complexity index is 850. The Labute approximate surface area is 279 Å². The van der Waals surface area contributed by atoms with E-state index in [0.717, 1.165) is 50.9 Å². The van der Waals surface area contributed by atoms with Crippen molar-refractivity contribution < 1.29 is 39.5 Å². The zero-order valence-electron chi connectivity index (χ0n) is 29.1. The summed E-state index contributed by atoms with van der Waals surface area (Å²) >= 11 is 0. The Morgan fingerprint density at radius 2 is 1.09 bits per heavy atom. The van der Waals surface area contributed by atoms with Crippen LogP contribution >= 0.6 is 0 Å². The minimum absolute atomic E-state index is 0.0313. The highest BCUT2D eigenvalue weighted by Gasteiger charge is 2.15. The number of aliphatic hydroxyl groups excluding tert-OH is 4. The molecule has 46 heavy (non-hydrogen) atoms. The zero-order valence-corrected chi connectivity index (χ0v) is 29.1. The summed E-state index contributed by atoms with van der Waals surface area (Å²) in [7, 11) is 0. The molecule has 4 N–H and O–H groups in total. The Kier molecular flexibility index (Phi) is 29.8. The third kappa shape index (κ3) is 29.2. The van der Waals surface area contributed by atoms with Gasteiger partial charge in [-0.1, -0.05) is 146 Å². The van der Waals surface area contributed by atoms with Crippen molar-refractivity contribution in [3.05, 3.63) is 48.6 Å². The predicted molar refractivity (Wildman–Crippen MR) is 186 cm³/mol. The maximum absolute atomic E-state index is 12.0. The van der Waals surface area contributed by atoms with Crippen LogP contribution in [0.15, 0.2) is 48.6 Å². The lowest BCUT2D eigenvalue weighted by Gasteiger charge is -2.14. The molecule has 0 saturated heterocycles. The molecule has 5 atom stereocenters. The van der Waals surface area contributed by atoms with Crippen molar-refractivity contribution in [2.24, 2.45) is 5.92 Å². The number of carbonyl (C=O) groups excluding carboxylic acids is 2. The molecule has 0 heterocycles. The Hall–Kier alpha value is -2.26. The van der Waals surface area contributed by atoms with Crippen LogP contribution in [-0.4, -0.2) is 70.0 Å². The Balaban J connectivity index is 3.86. The first-order chi connectivity index (χ1) is 22.2. The van der Waals surface area contributed by atoms with Crippen LogP contribution < -0.4 is 0 Å². The highest BCUT2D eigenvalue weighted by molar-refractivity contribution is 5.69. The molecular formula is C38H66O8. The van der Waals surface area contributed by atoms with Gasteiger partial charge in [0.15, 0.2) is 0 Å². The highest BCUT2D eigenvalue weighted by atomic mass is 16.6. The van der Waals surface area contributed by atoms with Crippen LogP contribution in [-0.2, 0) is 19.1 Å². The maximum Gasteiger partial charge on any atom is 0.305 e. The molecule has 0 aliphatic rings. The van der Waals surface area contributed by atoms with Crippen LogP contribution in [0, 0.1) is 5.92 Å². The monoisotopic (exact) mass is 650 g/mol. The Morgan fingerprint density at radius 1 is 0.587 bits per heavy atom. The molecule has 0 aromatic carbocycles. The van der Waals surface area contributed by atoms with Gasteiger partial charge in [-0.25, -0.2) is 0 Å². The average Bonchev–Trinajstić information content (AvgIpc) is 3.04. The first-order valence-corrected chi connectivity index (χ1v) is 17.9. The van der Waals surface area contributed by atoms with E-state index in [1.54, 1.807) is 36.5 Å². The van der Waals surface area contributed by atoms with E-state index in [0.29, 0.717) is 12.8 Å². The van der Waals surface area contributed by atoms with Crippen LogP contribution in [0.25, 0.3) is 0 Å². The number of allylic oxidation sites excluding steroid dienone is 6. The third-order valence-corrected chi connectivity index (χ3v) is 7.97. The lowest BCUT2D eigenvalue weighted by molar-refractivity contribution is -0.152. The molecule has 1 unspecified atom stereocenters. The molecule has 8 nitrogen and oxygen atoms in total. The van der Waals surface area contributed by atoms with Crippen molar-refractivity contribution >= 4 is 11.9 Å². The molecule has 0 aliphatic heterocycles. The van der Waals surface area contributed by atoms with Crippen molar-refractivity contribution in [1.29, 1.82) is 0 Å². The number of unbranched alkanes of at least 4 members (excludes halogenated alkanes) is 9. The summed E-state index contributed by atoms with van der Waals surface area (Å²) in [6, 6.07) is 0. The quantitative estimate of drug-likeness (QED) is 0.0358. The van der Waals surface area contributed by atoms with Gasteiger partial charge in [-0.2, -0.15) is 0 Å². The van der Waals surface area contributed by atoms with Crippen LogP contribution in [0.1, 0.15) is 136 Å². The maximum atomic E-state index is 12.0. The molecule has 0 aliphatic carbocycles. The summed E-state index contributed by atoms with van der Waals surface area (Å²) < 4.78 is 10.1. The number of ether oxygens (including phenoxy) is 2. The van der Waals surface area contributed by atoms with Gasteiger partial charge in [-0.15, -0.1) is 0 Å². The number of carbonyl (C=O) groups is 2. The van der Waals surface area contributed by atoms with Crippen molar-refractivity contribution in [3.8, 4) is 0 Å². The van der Waals surface area contributed by atoms with E-state index in [1.165, 1.54) is 51.0 Å². The van der Waals surface area contributed by atoms with Crippen LogP contribution in [0.2, 0.25) is 0 Å². The normalized spacial score (nSPS) is 15.5. The molecule has 0 aromatic heterocycles. The summed E-state index contributed by atoms with van der Waals surface area (Å²) in [6.45, 7) is 6.20. The van der Waals surface area contributed by atoms with Crippen molar-refractivity contribution in [1.82, 2.24) is 0 Å². The summed E-state index contributed by atoms with van der Waals surface area (Å²) in [6.07, 6.45) is 26.8. The SMILES string of the molecule is CCCCC[C@@H](O)/C=C/C=C\C=C\C=C\[C@@H](O)[C@H](O)CCCC(=O)OC[C@@H](O)COC(=O)CCCCCCCCCCC(C)CC. The molecule has 0 rings (SSSR count). The summed E-state index contributed by atoms with van der Waals surface area (Å²) in [5.41, 5.74) is 0. The summed E-state index contributed by atoms with van der Waals surface area (Å²) in [4.78, 5) is 23.9. The van der Waals surface area contributed by atoms with E-state index in [9.17, 15) is 30.0 Å². The lowest BCUT2D eigenvalue weighted by atomic mass is 9.99. The second-order valence-corrected chi connectivity index (χ2v) is 12.5. The first kappa shape index (κ1) is 43.7. The molecule has 0 bridgehead atoms. The second kappa shape index (κ2) is 31.3. The van der Waals surface area contributed by atoms with Gasteiger partial charge in [-0.3, -0.25) is 9.59 Å². The topological polar surface area (TPSA) is 134 Å². The first-order valence-electron chi connectivity index (χ1n) is 17.9. The van der Waals surface area contributed by atoms with E-state index in [1.807, 2.05) is 6.08 Å². The summed E-state index contributed by atoms with van der Waals surface area (Å²) in [5, 5.41) is 40.0. The number of hydrogen-bond acceptors (Lipinski definition) is 8. The van der Waals surface area contributed by atoms with Gasteiger partial charge in [0.1, 0.15) is 19.3 Å². The van der Waals surface area contributed by atoms with E-state index >= 15 is 0 Å². The minimum atomic E-state index is -1.09. The zero-order chi connectivity index (χ0) is 34.3. The smallest absolute Gasteiger partial charge is 0.305 e. The fourth-order valence-electron chi connectivity index (χ4n) is 4.68. The highest BCUT2D eigenvalue weighted by Crippen LogP contribution is 2.15. The van der Waals surface area contributed by atoms with Gasteiger partial charge in [0.25, 0.3) is 0 Å². The lowest BCUT2D eigenvalue weighted by Crippen LogP contribution is -2.26. The van der Waals surface area contributed by atoms with Crippen molar-refractivity contribution in [2.45, 2.75) is 161 Å².